The molecule has 0 fully saturated rings. The highest BCUT2D eigenvalue weighted by atomic mass is 16.5. The molecule has 4 heterocycles. The first kappa shape index (κ1) is 25.5. The van der Waals surface area contributed by atoms with Gasteiger partial charge in [-0.2, -0.15) is 0 Å². The normalized spacial score (nSPS) is 13.2. The van der Waals surface area contributed by atoms with Crippen LogP contribution >= 0.6 is 0 Å². The third-order valence-electron chi connectivity index (χ3n) is 9.42. The summed E-state index contributed by atoms with van der Waals surface area (Å²) in [4.78, 5) is 4.50. The zero-order valence-electron chi connectivity index (χ0n) is 25.4. The van der Waals surface area contributed by atoms with Crippen LogP contribution in [-0.4, -0.2) is 0 Å². The zero-order chi connectivity index (χ0) is 31.3. The summed E-state index contributed by atoms with van der Waals surface area (Å²) in [5.74, 6) is 3.27. The molecule has 7 aromatic carbocycles. The largest absolute Gasteiger partial charge is 0.456 e. The molecule has 0 saturated heterocycles. The van der Waals surface area contributed by atoms with Gasteiger partial charge in [-0.05, 0) is 97.1 Å². The van der Waals surface area contributed by atoms with Crippen LogP contribution < -0.4 is 19.3 Å². The molecule has 6 nitrogen and oxygen atoms in total. The predicted molar refractivity (Wildman–Crippen MR) is 191 cm³/mol. The maximum absolute atomic E-state index is 6.67. The van der Waals surface area contributed by atoms with Gasteiger partial charge >= 0.3 is 0 Å². The minimum atomic E-state index is 0.785. The lowest BCUT2D eigenvalue weighted by Crippen LogP contribution is -2.15. The van der Waals surface area contributed by atoms with Crippen molar-refractivity contribution in [3.63, 3.8) is 0 Å². The Morgan fingerprint density at radius 2 is 0.792 bits per heavy atom. The molecule has 0 N–H and O–H groups in total. The van der Waals surface area contributed by atoms with Crippen LogP contribution in [-0.2, 0) is 0 Å². The Balaban J connectivity index is 1.11. The predicted octanol–water partition coefficient (Wildman–Crippen LogP) is 12.6. The number of nitrogens with zero attached hydrogens (tertiary/aromatic N) is 2. The molecule has 2 aliphatic rings. The first-order valence-electron chi connectivity index (χ1n) is 15.9. The molecule has 48 heavy (non-hydrogen) atoms. The molecule has 2 aromatic heterocycles. The van der Waals surface area contributed by atoms with E-state index in [1.807, 2.05) is 78.9 Å². The quantitative estimate of drug-likeness (QED) is 0.192. The van der Waals surface area contributed by atoms with E-state index < -0.39 is 0 Å². The Morgan fingerprint density at radius 3 is 1.31 bits per heavy atom. The fourth-order valence-corrected chi connectivity index (χ4v) is 7.31. The average molecular weight is 621 g/mol. The Bertz CT molecular complexity index is 2690. The van der Waals surface area contributed by atoms with E-state index in [1.54, 1.807) is 0 Å². The van der Waals surface area contributed by atoms with Crippen molar-refractivity contribution in [2.75, 3.05) is 9.80 Å². The molecule has 9 aromatic rings. The molecule has 0 amide bonds. The summed E-state index contributed by atoms with van der Waals surface area (Å²) < 4.78 is 25.6. The van der Waals surface area contributed by atoms with Crippen molar-refractivity contribution in [2.24, 2.45) is 0 Å². The lowest BCUT2D eigenvalue weighted by Gasteiger charge is -2.32. The molecular weight excluding hydrogens is 596 g/mol. The standard InChI is InChI=1S/C42H24N2O4/c1-5-13-36-30(9-1)43(31-10-2-6-14-37(31)46-36)25-17-20-34-28(23-25)27-19-22-40-41(42(27)48-34)29-24-26(18-21-35(29)45-40)44-32-11-3-7-15-38(32)47-39-16-8-4-12-33(39)44/h1-24H. The lowest BCUT2D eigenvalue weighted by molar-refractivity contribution is 0.477. The highest BCUT2D eigenvalue weighted by molar-refractivity contribution is 6.22. The fraction of sp³-hybridized carbons (Fsp3) is 0. The van der Waals surface area contributed by atoms with Gasteiger partial charge in [-0.25, -0.2) is 0 Å². The molecule has 0 unspecified atom stereocenters. The van der Waals surface area contributed by atoms with Crippen LogP contribution in [0.15, 0.2) is 154 Å². The summed E-state index contributed by atoms with van der Waals surface area (Å²) in [7, 11) is 0. The van der Waals surface area contributed by atoms with E-state index in [0.29, 0.717) is 0 Å². The first-order valence-corrected chi connectivity index (χ1v) is 15.9. The molecule has 0 atom stereocenters. The summed E-state index contributed by atoms with van der Waals surface area (Å²) in [5.41, 5.74) is 9.19. The van der Waals surface area contributed by atoms with Gasteiger partial charge in [0.1, 0.15) is 22.3 Å². The van der Waals surface area contributed by atoms with Gasteiger partial charge in [0.25, 0.3) is 0 Å². The second-order valence-electron chi connectivity index (χ2n) is 12.1. The third kappa shape index (κ3) is 3.51. The second kappa shape index (κ2) is 9.44. The lowest BCUT2D eigenvalue weighted by atomic mass is 10.1. The number of rotatable bonds is 2. The molecular formula is C42H24N2O4. The van der Waals surface area contributed by atoms with E-state index in [-0.39, 0.29) is 0 Å². The third-order valence-corrected chi connectivity index (χ3v) is 9.42. The number of hydrogen-bond donors (Lipinski definition) is 0. The van der Waals surface area contributed by atoms with Crippen LogP contribution in [0.5, 0.6) is 23.0 Å². The minimum Gasteiger partial charge on any atom is -0.456 e. The summed E-state index contributed by atoms with van der Waals surface area (Å²) >= 11 is 0. The highest BCUT2D eigenvalue weighted by Crippen LogP contribution is 2.53. The Kier molecular flexibility index (Phi) is 5.02. The smallest absolute Gasteiger partial charge is 0.151 e. The highest BCUT2D eigenvalue weighted by Gasteiger charge is 2.28. The van der Waals surface area contributed by atoms with Crippen molar-refractivity contribution in [3.05, 3.63) is 146 Å². The monoisotopic (exact) mass is 620 g/mol. The van der Waals surface area contributed by atoms with Gasteiger partial charge in [-0.3, -0.25) is 0 Å². The molecule has 0 spiro atoms. The molecule has 6 heteroatoms. The summed E-state index contributed by atoms with van der Waals surface area (Å²) in [6, 6.07) is 49.4. The van der Waals surface area contributed by atoms with Crippen LogP contribution in [0.3, 0.4) is 0 Å². The van der Waals surface area contributed by atoms with E-state index in [1.165, 1.54) is 0 Å². The Morgan fingerprint density at radius 1 is 0.354 bits per heavy atom. The summed E-state index contributed by atoms with van der Waals surface area (Å²) in [5, 5.41) is 4.01. The van der Waals surface area contributed by atoms with Gasteiger partial charge in [-0.1, -0.05) is 48.5 Å². The van der Waals surface area contributed by atoms with Crippen molar-refractivity contribution in [1.29, 1.82) is 0 Å². The second-order valence-corrected chi connectivity index (χ2v) is 12.1. The van der Waals surface area contributed by atoms with E-state index in [9.17, 15) is 0 Å². The summed E-state index contributed by atoms with van der Waals surface area (Å²) in [6.07, 6.45) is 0. The van der Waals surface area contributed by atoms with Gasteiger partial charge < -0.3 is 28.1 Å². The van der Waals surface area contributed by atoms with Crippen LogP contribution in [0.1, 0.15) is 0 Å². The van der Waals surface area contributed by atoms with Crippen LogP contribution in [0, 0.1) is 0 Å². The maximum atomic E-state index is 6.67. The topological polar surface area (TPSA) is 51.2 Å². The number of fused-ring (bicyclic) bond motifs is 11. The van der Waals surface area contributed by atoms with Gasteiger partial charge in [0.05, 0.1) is 28.1 Å². The van der Waals surface area contributed by atoms with Crippen molar-refractivity contribution in [2.45, 2.75) is 0 Å². The van der Waals surface area contributed by atoms with E-state index in [2.05, 4.69) is 76.5 Å². The number of benzene rings is 7. The Hall–Kier alpha value is -6.66. The van der Waals surface area contributed by atoms with E-state index >= 15 is 0 Å². The van der Waals surface area contributed by atoms with Crippen LogP contribution in [0.25, 0.3) is 43.9 Å². The average Bonchev–Trinajstić information content (AvgIpc) is 3.70. The molecule has 2 aliphatic heterocycles. The molecule has 226 valence electrons. The minimum absolute atomic E-state index is 0.785. The molecule has 11 rings (SSSR count). The number of furan rings is 2. The number of ether oxygens (including phenoxy) is 2. The SMILES string of the molecule is c1ccc2c(c1)Oc1ccccc1N2c1ccc2oc3c(ccc4oc5ccc(N6c7ccccc7Oc7ccccc76)cc5c43)c2c1. The molecule has 0 radical (unpaired) electrons. The summed E-state index contributed by atoms with van der Waals surface area (Å²) in [6.45, 7) is 0. The Labute approximate surface area is 274 Å². The van der Waals surface area contributed by atoms with Gasteiger partial charge in [0, 0.05) is 27.5 Å². The molecule has 0 aliphatic carbocycles. The number of para-hydroxylation sites is 8. The van der Waals surface area contributed by atoms with Gasteiger partial charge in [-0.15, -0.1) is 0 Å². The zero-order valence-corrected chi connectivity index (χ0v) is 25.4. The van der Waals surface area contributed by atoms with Crippen molar-refractivity contribution >= 4 is 78.0 Å². The molecule has 0 bridgehead atoms. The van der Waals surface area contributed by atoms with Gasteiger partial charge in [0.15, 0.2) is 23.0 Å². The van der Waals surface area contributed by atoms with Crippen molar-refractivity contribution in [3.8, 4) is 23.0 Å². The fourth-order valence-electron chi connectivity index (χ4n) is 7.31. The van der Waals surface area contributed by atoms with Gasteiger partial charge in [0.2, 0.25) is 0 Å². The first-order chi connectivity index (χ1) is 23.8. The van der Waals surface area contributed by atoms with Crippen LogP contribution in [0.2, 0.25) is 0 Å². The van der Waals surface area contributed by atoms with E-state index in [0.717, 1.165) is 101 Å². The van der Waals surface area contributed by atoms with E-state index in [4.69, 9.17) is 18.3 Å². The van der Waals surface area contributed by atoms with Crippen LogP contribution in [0.4, 0.5) is 34.1 Å². The maximum Gasteiger partial charge on any atom is 0.151 e. The number of hydrogen-bond acceptors (Lipinski definition) is 6. The molecule has 0 saturated carbocycles. The van der Waals surface area contributed by atoms with Crippen molar-refractivity contribution < 1.29 is 18.3 Å². The number of anilines is 6. The van der Waals surface area contributed by atoms with Crippen molar-refractivity contribution in [1.82, 2.24) is 0 Å².